The number of carbonyl (C=O) groups is 2. The van der Waals surface area contributed by atoms with Gasteiger partial charge in [-0.1, -0.05) is 23.7 Å². The summed E-state index contributed by atoms with van der Waals surface area (Å²) >= 11 is 6.01. The van der Waals surface area contributed by atoms with E-state index in [4.69, 9.17) is 21.1 Å². The summed E-state index contributed by atoms with van der Waals surface area (Å²) in [7, 11) is -3.69. The normalized spacial score (nSPS) is 18.5. The lowest BCUT2D eigenvalue weighted by Gasteiger charge is -2.34. The highest BCUT2D eigenvalue weighted by molar-refractivity contribution is 7.92. The zero-order valence-corrected chi connectivity index (χ0v) is 18.9. The number of benzene rings is 2. The maximum absolute atomic E-state index is 13.0. The molecule has 2 aliphatic rings. The summed E-state index contributed by atoms with van der Waals surface area (Å²) in [6.07, 6.45) is -0.0705. The minimum Gasteiger partial charge on any atom is -0.476 e. The summed E-state index contributed by atoms with van der Waals surface area (Å²) in [5.74, 6) is -0.558. The van der Waals surface area contributed by atoms with Gasteiger partial charge in [-0.25, -0.2) is 8.42 Å². The molecular weight excluding hydrogens is 458 g/mol. The van der Waals surface area contributed by atoms with Gasteiger partial charge in [0.15, 0.2) is 6.10 Å². The number of morpholine rings is 1. The van der Waals surface area contributed by atoms with E-state index in [0.717, 1.165) is 10.6 Å². The highest BCUT2D eigenvalue weighted by atomic mass is 35.5. The summed E-state index contributed by atoms with van der Waals surface area (Å²) < 4.78 is 36.8. The Kier molecular flexibility index (Phi) is 6.27. The Hall–Kier alpha value is -2.82. The van der Waals surface area contributed by atoms with Crippen LogP contribution in [0.1, 0.15) is 10.4 Å². The van der Waals surface area contributed by atoms with Gasteiger partial charge in [-0.2, -0.15) is 0 Å². The number of amides is 2. The zero-order valence-electron chi connectivity index (χ0n) is 17.3. The number of hydrogen-bond acceptors (Lipinski definition) is 6. The molecule has 2 aromatic carbocycles. The maximum atomic E-state index is 13.0. The van der Waals surface area contributed by atoms with Crippen LogP contribution in [0, 0.1) is 0 Å². The van der Waals surface area contributed by atoms with Crippen LogP contribution in [-0.4, -0.2) is 70.3 Å². The fourth-order valence-corrected chi connectivity index (χ4v) is 4.68. The number of fused-ring (bicyclic) bond motifs is 1. The minimum atomic E-state index is -3.69. The van der Waals surface area contributed by atoms with E-state index >= 15 is 0 Å². The summed E-state index contributed by atoms with van der Waals surface area (Å²) in [4.78, 5) is 27.6. The molecule has 0 saturated carbocycles. The van der Waals surface area contributed by atoms with Crippen LogP contribution in [-0.2, 0) is 19.6 Å². The molecule has 11 heteroatoms. The van der Waals surface area contributed by atoms with Crippen LogP contribution >= 0.6 is 11.6 Å². The highest BCUT2D eigenvalue weighted by Gasteiger charge is 2.35. The smallest absolute Gasteiger partial charge is 0.267 e. The average Bonchev–Trinajstić information content (AvgIpc) is 2.78. The van der Waals surface area contributed by atoms with Gasteiger partial charge in [0, 0.05) is 18.1 Å². The second-order valence-corrected chi connectivity index (χ2v) is 9.80. The van der Waals surface area contributed by atoms with E-state index in [2.05, 4.69) is 5.32 Å². The molecule has 4 rings (SSSR count). The molecule has 1 N–H and O–H groups in total. The molecule has 0 spiro atoms. The summed E-state index contributed by atoms with van der Waals surface area (Å²) in [6.45, 7) is 1.63. The van der Waals surface area contributed by atoms with Gasteiger partial charge in [-0.3, -0.25) is 13.9 Å². The summed E-state index contributed by atoms with van der Waals surface area (Å²) in [5.41, 5.74) is 0.933. The van der Waals surface area contributed by atoms with Crippen molar-refractivity contribution in [2.24, 2.45) is 0 Å². The van der Waals surface area contributed by atoms with Crippen molar-refractivity contribution in [2.45, 2.75) is 6.10 Å². The third-order valence-corrected chi connectivity index (χ3v) is 6.58. The van der Waals surface area contributed by atoms with Crippen molar-refractivity contribution in [3.63, 3.8) is 0 Å². The van der Waals surface area contributed by atoms with E-state index < -0.39 is 22.0 Å². The Labute approximate surface area is 190 Å². The summed E-state index contributed by atoms with van der Waals surface area (Å²) in [6, 6.07) is 11.2. The van der Waals surface area contributed by atoms with Gasteiger partial charge in [0.1, 0.15) is 5.75 Å². The first kappa shape index (κ1) is 22.4. The number of carbonyl (C=O) groups excluding carboxylic acids is 2. The first-order valence-corrected chi connectivity index (χ1v) is 12.2. The van der Waals surface area contributed by atoms with E-state index in [-0.39, 0.29) is 23.9 Å². The molecule has 2 heterocycles. The molecule has 2 aromatic rings. The van der Waals surface area contributed by atoms with Crippen LogP contribution in [0.4, 0.5) is 11.4 Å². The highest BCUT2D eigenvalue weighted by Crippen LogP contribution is 2.37. The monoisotopic (exact) mass is 479 g/mol. The minimum absolute atomic E-state index is 0.216. The van der Waals surface area contributed by atoms with Crippen LogP contribution in [0.3, 0.4) is 0 Å². The fraction of sp³-hybridized carbons (Fsp3) is 0.333. The van der Waals surface area contributed by atoms with Gasteiger partial charge in [0.05, 0.1) is 43.0 Å². The molecule has 0 aliphatic carbocycles. The molecule has 0 bridgehead atoms. The van der Waals surface area contributed by atoms with Gasteiger partial charge in [-0.05, 0) is 30.3 Å². The number of nitrogens with zero attached hydrogens (tertiary/aromatic N) is 2. The molecule has 32 heavy (non-hydrogen) atoms. The molecular formula is C21H22ClN3O6S. The van der Waals surface area contributed by atoms with Crippen LogP contribution < -0.4 is 14.4 Å². The Morgan fingerprint density at radius 2 is 1.84 bits per heavy atom. The van der Waals surface area contributed by atoms with E-state index in [1.54, 1.807) is 35.2 Å². The van der Waals surface area contributed by atoms with Crippen molar-refractivity contribution in [3.8, 4) is 5.75 Å². The van der Waals surface area contributed by atoms with Gasteiger partial charge >= 0.3 is 0 Å². The predicted octanol–water partition coefficient (Wildman–Crippen LogP) is 1.98. The first-order chi connectivity index (χ1) is 15.2. The van der Waals surface area contributed by atoms with Crippen LogP contribution in [0.5, 0.6) is 5.75 Å². The molecule has 1 saturated heterocycles. The predicted molar refractivity (Wildman–Crippen MR) is 120 cm³/mol. The van der Waals surface area contributed by atoms with Crippen LogP contribution in [0.25, 0.3) is 0 Å². The number of anilines is 2. The molecule has 0 unspecified atom stereocenters. The van der Waals surface area contributed by atoms with Gasteiger partial charge in [0.2, 0.25) is 10.0 Å². The average molecular weight is 480 g/mol. The SMILES string of the molecule is CS(=O)(=O)N1C[C@H](C(=O)Nc2ccccc2C(=O)N2CCOCC2)Oc2ccc(Cl)cc21. The van der Waals surface area contributed by atoms with E-state index in [1.807, 2.05) is 0 Å². The molecule has 0 aromatic heterocycles. The van der Waals surface area contributed by atoms with E-state index in [1.165, 1.54) is 12.1 Å². The second-order valence-electron chi connectivity index (χ2n) is 7.45. The molecule has 1 fully saturated rings. The lowest BCUT2D eigenvalue weighted by Crippen LogP contribution is -2.48. The van der Waals surface area contributed by atoms with Crippen molar-refractivity contribution in [1.82, 2.24) is 4.90 Å². The summed E-state index contributed by atoms with van der Waals surface area (Å²) in [5, 5.41) is 3.07. The van der Waals surface area contributed by atoms with E-state index in [9.17, 15) is 18.0 Å². The molecule has 9 nitrogen and oxygen atoms in total. The van der Waals surface area contributed by atoms with E-state index in [0.29, 0.717) is 42.6 Å². The first-order valence-electron chi connectivity index (χ1n) is 9.95. The van der Waals surface area contributed by atoms with Crippen molar-refractivity contribution in [3.05, 3.63) is 53.1 Å². The van der Waals surface area contributed by atoms with Crippen LogP contribution in [0.2, 0.25) is 5.02 Å². The molecule has 1 atom stereocenters. The largest absolute Gasteiger partial charge is 0.476 e. The molecule has 2 amide bonds. The maximum Gasteiger partial charge on any atom is 0.267 e. The van der Waals surface area contributed by atoms with Gasteiger partial charge in [-0.15, -0.1) is 0 Å². The van der Waals surface area contributed by atoms with Crippen molar-refractivity contribution in [1.29, 1.82) is 0 Å². The number of ether oxygens (including phenoxy) is 2. The lowest BCUT2D eigenvalue weighted by atomic mass is 10.1. The molecule has 170 valence electrons. The second kappa shape index (κ2) is 8.97. The van der Waals surface area contributed by atoms with Crippen molar-refractivity contribution in [2.75, 3.05) is 48.7 Å². The third-order valence-electron chi connectivity index (χ3n) is 5.20. The van der Waals surface area contributed by atoms with Crippen LogP contribution in [0.15, 0.2) is 42.5 Å². The number of para-hydroxylation sites is 1. The number of sulfonamides is 1. The topological polar surface area (TPSA) is 105 Å². The van der Waals surface area contributed by atoms with Crippen molar-refractivity contribution >= 4 is 44.8 Å². The molecule has 2 aliphatic heterocycles. The Morgan fingerprint density at radius 1 is 1.12 bits per heavy atom. The number of halogens is 1. The lowest BCUT2D eigenvalue weighted by molar-refractivity contribution is -0.122. The quantitative estimate of drug-likeness (QED) is 0.719. The van der Waals surface area contributed by atoms with Gasteiger partial charge in [0.25, 0.3) is 11.8 Å². The number of rotatable bonds is 4. The Morgan fingerprint density at radius 3 is 2.56 bits per heavy atom. The van der Waals surface area contributed by atoms with Crippen molar-refractivity contribution < 1.29 is 27.5 Å². The standard InChI is InChI=1S/C21H22ClN3O6S/c1-32(28,29)25-13-19(31-18-7-6-14(22)12-17(18)25)20(26)23-16-5-3-2-4-15(16)21(27)24-8-10-30-11-9-24/h2-7,12,19H,8-11,13H2,1H3,(H,23,26)/t19-/m1/s1. The third kappa shape index (κ3) is 4.67. The Bertz CT molecular complexity index is 1150. The number of nitrogens with one attached hydrogen (secondary N) is 1. The van der Waals surface area contributed by atoms with Gasteiger partial charge < -0.3 is 19.7 Å². The Balaban J connectivity index is 1.57. The number of hydrogen-bond donors (Lipinski definition) is 1. The fourth-order valence-electron chi connectivity index (χ4n) is 3.60. The molecule has 0 radical (unpaired) electrons. The zero-order chi connectivity index (χ0) is 22.9.